The Labute approximate surface area is 220 Å². The van der Waals surface area contributed by atoms with Crippen molar-refractivity contribution in [2.45, 2.75) is 25.3 Å². The minimum Gasteiger partial charge on any atom is -0.468 e. The van der Waals surface area contributed by atoms with E-state index >= 15 is 0 Å². The zero-order valence-corrected chi connectivity index (χ0v) is 21.3. The molecule has 0 bridgehead atoms. The van der Waals surface area contributed by atoms with E-state index < -0.39 is 40.6 Å². The number of ether oxygens (including phenoxy) is 1. The van der Waals surface area contributed by atoms with Crippen molar-refractivity contribution >= 4 is 22.8 Å². The van der Waals surface area contributed by atoms with Gasteiger partial charge >= 0.3 is 5.97 Å². The Hall–Kier alpha value is -4.46. The highest BCUT2D eigenvalue weighted by molar-refractivity contribution is 6.07. The standard InChI is InChI=1S/C30H29N3O5/c1-20-27(23-15-9-10-16-26(23)32(20)18-21-11-5-3-6-12-21)25(19-33(36)37)30(29(35)38-2)24(17-31-28(30)34)22-13-7-4-8-14-22/h3-16,24-25H,17-19H2,1-2H3,(H,31,34). The summed E-state index contributed by atoms with van der Waals surface area (Å²) in [5, 5.41) is 15.8. The third-order valence-electron chi connectivity index (χ3n) is 7.81. The summed E-state index contributed by atoms with van der Waals surface area (Å²) in [6, 6.07) is 26.8. The summed E-state index contributed by atoms with van der Waals surface area (Å²) in [5.74, 6) is -3.04. The average Bonchev–Trinajstić information content (AvgIpc) is 3.42. The first-order chi connectivity index (χ1) is 18.4. The molecule has 38 heavy (non-hydrogen) atoms. The SMILES string of the molecule is COC(=O)C1(C(C[N+](=O)[O-])c2c(C)n(Cc3ccccc3)c3ccccc23)C(=O)NCC1c1ccccc1. The zero-order chi connectivity index (χ0) is 26.9. The van der Waals surface area contributed by atoms with Crippen molar-refractivity contribution in [1.82, 2.24) is 9.88 Å². The summed E-state index contributed by atoms with van der Waals surface area (Å²) in [7, 11) is 1.23. The lowest BCUT2D eigenvalue weighted by Gasteiger charge is -2.36. The van der Waals surface area contributed by atoms with Crippen molar-refractivity contribution in [3.8, 4) is 0 Å². The molecule has 1 aromatic heterocycles. The van der Waals surface area contributed by atoms with Gasteiger partial charge in [-0.1, -0.05) is 78.9 Å². The van der Waals surface area contributed by atoms with Crippen LogP contribution in [0.4, 0.5) is 0 Å². The maximum absolute atomic E-state index is 13.8. The summed E-state index contributed by atoms with van der Waals surface area (Å²) in [6.07, 6.45) is 0. The molecule has 0 saturated carbocycles. The first kappa shape index (κ1) is 25.2. The predicted molar refractivity (Wildman–Crippen MR) is 143 cm³/mol. The number of esters is 1. The van der Waals surface area contributed by atoms with Crippen LogP contribution < -0.4 is 5.32 Å². The van der Waals surface area contributed by atoms with E-state index in [1.165, 1.54) is 7.11 Å². The Balaban J connectivity index is 1.79. The summed E-state index contributed by atoms with van der Waals surface area (Å²) in [5.41, 5.74) is 2.27. The van der Waals surface area contributed by atoms with Gasteiger partial charge in [0.05, 0.1) is 13.0 Å². The lowest BCUT2D eigenvalue weighted by atomic mass is 9.63. The van der Waals surface area contributed by atoms with Crippen LogP contribution in [0.1, 0.15) is 34.2 Å². The van der Waals surface area contributed by atoms with E-state index in [2.05, 4.69) is 9.88 Å². The van der Waals surface area contributed by atoms with Crippen LogP contribution in [0.15, 0.2) is 84.9 Å². The number of amides is 1. The van der Waals surface area contributed by atoms with E-state index in [-0.39, 0.29) is 6.54 Å². The molecule has 2 heterocycles. The Morgan fingerprint density at radius 3 is 2.37 bits per heavy atom. The van der Waals surface area contributed by atoms with Crippen LogP contribution in [0, 0.1) is 22.5 Å². The number of fused-ring (bicyclic) bond motifs is 1. The molecule has 8 heteroatoms. The number of rotatable bonds is 8. The lowest BCUT2D eigenvalue weighted by Crippen LogP contribution is -2.49. The molecule has 3 atom stereocenters. The molecule has 3 aromatic carbocycles. The highest BCUT2D eigenvalue weighted by atomic mass is 16.6. The zero-order valence-electron chi connectivity index (χ0n) is 21.3. The van der Waals surface area contributed by atoms with Gasteiger partial charge in [-0.15, -0.1) is 0 Å². The second kappa shape index (κ2) is 10.1. The number of nitrogens with zero attached hydrogens (tertiary/aromatic N) is 2. The second-order valence-electron chi connectivity index (χ2n) is 9.69. The second-order valence-corrected chi connectivity index (χ2v) is 9.69. The third-order valence-corrected chi connectivity index (χ3v) is 7.81. The van der Waals surface area contributed by atoms with Crippen molar-refractivity contribution in [3.63, 3.8) is 0 Å². The first-order valence-electron chi connectivity index (χ1n) is 12.5. The van der Waals surface area contributed by atoms with Gasteiger partial charge in [0, 0.05) is 40.5 Å². The van der Waals surface area contributed by atoms with E-state index in [0.717, 1.165) is 27.7 Å². The number of carbonyl (C=O) groups excluding carboxylic acids is 2. The van der Waals surface area contributed by atoms with Crippen molar-refractivity contribution in [3.05, 3.63) is 117 Å². The molecule has 1 N–H and O–H groups in total. The molecule has 1 amide bonds. The smallest absolute Gasteiger partial charge is 0.322 e. The van der Waals surface area contributed by atoms with E-state index in [9.17, 15) is 19.7 Å². The van der Waals surface area contributed by atoms with Gasteiger partial charge in [-0.3, -0.25) is 19.7 Å². The molecule has 1 fully saturated rings. The Morgan fingerprint density at radius 1 is 1.08 bits per heavy atom. The van der Waals surface area contributed by atoms with Gasteiger partial charge < -0.3 is 14.6 Å². The lowest BCUT2D eigenvalue weighted by molar-refractivity contribution is -0.485. The van der Waals surface area contributed by atoms with Gasteiger partial charge in [-0.05, 0) is 29.7 Å². The van der Waals surface area contributed by atoms with Crippen LogP contribution in [0.5, 0.6) is 0 Å². The molecule has 5 rings (SSSR count). The normalized spacial score (nSPS) is 19.7. The fraction of sp³-hybridized carbons (Fsp3) is 0.267. The number of nitro groups is 1. The van der Waals surface area contributed by atoms with E-state index in [1.807, 2.05) is 91.9 Å². The Kier molecular flexibility index (Phi) is 6.72. The molecular weight excluding hydrogens is 482 g/mol. The van der Waals surface area contributed by atoms with Crippen molar-refractivity contribution in [2.75, 3.05) is 20.2 Å². The fourth-order valence-corrected chi connectivity index (χ4v) is 6.15. The fourth-order valence-electron chi connectivity index (χ4n) is 6.15. The molecule has 4 aromatic rings. The minimum absolute atomic E-state index is 0.174. The van der Waals surface area contributed by atoms with Gasteiger partial charge in [-0.2, -0.15) is 0 Å². The first-order valence-corrected chi connectivity index (χ1v) is 12.5. The number of hydrogen-bond donors (Lipinski definition) is 1. The summed E-state index contributed by atoms with van der Waals surface area (Å²) >= 11 is 0. The van der Waals surface area contributed by atoms with E-state index in [1.54, 1.807) is 0 Å². The largest absolute Gasteiger partial charge is 0.468 e. The number of nitrogens with one attached hydrogen (secondary N) is 1. The maximum Gasteiger partial charge on any atom is 0.322 e. The molecule has 194 valence electrons. The van der Waals surface area contributed by atoms with Crippen LogP contribution in [-0.4, -0.2) is 41.6 Å². The molecule has 3 unspecified atom stereocenters. The van der Waals surface area contributed by atoms with Crippen LogP contribution in [-0.2, 0) is 20.9 Å². The van der Waals surface area contributed by atoms with Gasteiger partial charge in [0.25, 0.3) is 0 Å². The average molecular weight is 512 g/mol. The number of hydrogen-bond acceptors (Lipinski definition) is 5. The summed E-state index contributed by atoms with van der Waals surface area (Å²) in [4.78, 5) is 39.3. The Morgan fingerprint density at radius 2 is 1.71 bits per heavy atom. The Bertz CT molecular complexity index is 1500. The molecule has 1 aliphatic heterocycles. The van der Waals surface area contributed by atoms with Crippen LogP contribution in [0.3, 0.4) is 0 Å². The molecule has 0 aliphatic carbocycles. The minimum atomic E-state index is -1.82. The number of methoxy groups -OCH3 is 1. The van der Waals surface area contributed by atoms with Crippen LogP contribution in [0.2, 0.25) is 0 Å². The summed E-state index contributed by atoms with van der Waals surface area (Å²) in [6.45, 7) is 2.01. The van der Waals surface area contributed by atoms with Crippen LogP contribution >= 0.6 is 0 Å². The predicted octanol–water partition coefficient (Wildman–Crippen LogP) is 4.43. The van der Waals surface area contributed by atoms with Gasteiger partial charge in [0.15, 0.2) is 5.41 Å². The van der Waals surface area contributed by atoms with Crippen molar-refractivity contribution < 1.29 is 19.2 Å². The molecule has 0 spiro atoms. The topological polar surface area (TPSA) is 103 Å². The molecule has 1 saturated heterocycles. The van der Waals surface area contributed by atoms with Gasteiger partial charge in [-0.25, -0.2) is 0 Å². The molecular formula is C30H29N3O5. The quantitative estimate of drug-likeness (QED) is 0.163. The van der Waals surface area contributed by atoms with E-state index in [4.69, 9.17) is 4.74 Å². The van der Waals surface area contributed by atoms with E-state index in [0.29, 0.717) is 12.1 Å². The van der Waals surface area contributed by atoms with Gasteiger partial charge in [0.2, 0.25) is 12.5 Å². The summed E-state index contributed by atoms with van der Waals surface area (Å²) < 4.78 is 7.37. The highest BCUT2D eigenvalue weighted by Crippen LogP contribution is 2.53. The third kappa shape index (κ3) is 4.02. The van der Waals surface area contributed by atoms with Crippen molar-refractivity contribution in [2.24, 2.45) is 5.41 Å². The molecule has 1 aliphatic rings. The monoisotopic (exact) mass is 511 g/mol. The molecule has 0 radical (unpaired) electrons. The van der Waals surface area contributed by atoms with Crippen molar-refractivity contribution in [1.29, 1.82) is 0 Å². The van der Waals surface area contributed by atoms with Crippen LogP contribution in [0.25, 0.3) is 10.9 Å². The number of aromatic nitrogens is 1. The number of benzene rings is 3. The number of para-hydroxylation sites is 1. The number of carbonyl (C=O) groups is 2. The van der Waals surface area contributed by atoms with Gasteiger partial charge in [0.1, 0.15) is 0 Å². The maximum atomic E-state index is 13.8. The molecule has 8 nitrogen and oxygen atoms in total. The highest BCUT2D eigenvalue weighted by Gasteiger charge is 2.64.